The molecule has 25 heavy (non-hydrogen) atoms. The summed E-state index contributed by atoms with van der Waals surface area (Å²) in [5.74, 6) is -0.519. The van der Waals surface area contributed by atoms with Crippen LogP contribution >= 0.6 is 0 Å². The van der Waals surface area contributed by atoms with Crippen molar-refractivity contribution in [3.63, 3.8) is 0 Å². The lowest BCUT2D eigenvalue weighted by atomic mass is 10.0. The summed E-state index contributed by atoms with van der Waals surface area (Å²) in [6.45, 7) is 1.78. The number of carbonyl (C=O) groups excluding carboxylic acids is 1. The fraction of sp³-hybridized carbons (Fsp3) is 0.294. The first-order chi connectivity index (χ1) is 12.0. The number of anilines is 1. The van der Waals surface area contributed by atoms with Crippen molar-refractivity contribution in [2.24, 2.45) is 13.0 Å². The van der Waals surface area contributed by atoms with Crippen LogP contribution in [0.3, 0.4) is 0 Å². The number of carbonyl (C=O) groups is 2. The third-order valence-electron chi connectivity index (χ3n) is 4.07. The summed E-state index contributed by atoms with van der Waals surface area (Å²) in [6, 6.07) is 4.89. The van der Waals surface area contributed by atoms with Crippen LogP contribution in [0.5, 0.6) is 0 Å². The Morgan fingerprint density at radius 1 is 1.44 bits per heavy atom. The number of pyridine rings is 1. The quantitative estimate of drug-likeness (QED) is 0.690. The van der Waals surface area contributed by atoms with E-state index >= 15 is 0 Å². The zero-order valence-corrected chi connectivity index (χ0v) is 13.9. The fourth-order valence-electron chi connectivity index (χ4n) is 2.77. The molecule has 2 amide bonds. The zero-order chi connectivity index (χ0) is 18.0. The molecule has 1 aliphatic rings. The summed E-state index contributed by atoms with van der Waals surface area (Å²) < 4.78 is 1.63. The Labute approximate surface area is 144 Å². The highest BCUT2D eigenvalue weighted by atomic mass is 16.4. The Balaban J connectivity index is 2.13. The van der Waals surface area contributed by atoms with Gasteiger partial charge in [0.15, 0.2) is 0 Å². The molecule has 0 radical (unpaired) electrons. The molecule has 3 heterocycles. The second-order valence-electron chi connectivity index (χ2n) is 5.92. The van der Waals surface area contributed by atoms with Gasteiger partial charge in [0.2, 0.25) is 5.91 Å². The number of nitrogens with one attached hydrogen (secondary N) is 2. The minimum absolute atomic E-state index is 0.162. The van der Waals surface area contributed by atoms with Crippen LogP contribution in [0.1, 0.15) is 25.1 Å². The molecule has 0 saturated heterocycles. The molecule has 2 bridgehead atoms. The van der Waals surface area contributed by atoms with Gasteiger partial charge in [0.25, 0.3) is 0 Å². The molecular formula is C17H19N5O3. The zero-order valence-electron chi connectivity index (χ0n) is 13.9. The van der Waals surface area contributed by atoms with Crippen molar-refractivity contribution in [1.29, 1.82) is 0 Å². The number of carboxylic acid groups (broad SMARTS) is 1. The largest absolute Gasteiger partial charge is 0.465 e. The molecule has 0 aromatic carbocycles. The smallest absolute Gasteiger partial charge is 0.405 e. The molecule has 1 aliphatic heterocycles. The minimum Gasteiger partial charge on any atom is -0.465 e. The third-order valence-corrected chi connectivity index (χ3v) is 4.07. The van der Waals surface area contributed by atoms with E-state index in [1.165, 1.54) is 0 Å². The van der Waals surface area contributed by atoms with Crippen LogP contribution in [-0.4, -0.2) is 31.9 Å². The van der Waals surface area contributed by atoms with E-state index in [2.05, 4.69) is 20.7 Å². The Morgan fingerprint density at radius 3 is 3.00 bits per heavy atom. The van der Waals surface area contributed by atoms with Gasteiger partial charge in [-0.25, -0.2) is 9.78 Å². The van der Waals surface area contributed by atoms with Crippen LogP contribution in [-0.2, 0) is 11.8 Å². The van der Waals surface area contributed by atoms with Crippen LogP contribution in [0.2, 0.25) is 0 Å². The van der Waals surface area contributed by atoms with Crippen LogP contribution in [0, 0.1) is 5.92 Å². The standard InChI is InChI=1S/C17H19N5O3/c1-10-5-3-6-12(21-17(24)25)11-7-4-8-13(19-11)15-14(20-16(10)23)9-18-22(15)2/h3-5,7-10,12,21H,6H2,1-2H3,(H,20,23)(H,24,25)/b5-3+/t10-,12+/m1/s1. The highest BCUT2D eigenvalue weighted by molar-refractivity contribution is 5.96. The van der Waals surface area contributed by atoms with Gasteiger partial charge in [-0.05, 0) is 18.6 Å². The summed E-state index contributed by atoms with van der Waals surface area (Å²) >= 11 is 0. The number of amides is 2. The highest BCUT2D eigenvalue weighted by Gasteiger charge is 2.21. The van der Waals surface area contributed by atoms with E-state index in [0.29, 0.717) is 29.2 Å². The molecule has 0 aliphatic carbocycles. The van der Waals surface area contributed by atoms with Crippen molar-refractivity contribution in [1.82, 2.24) is 20.1 Å². The maximum Gasteiger partial charge on any atom is 0.405 e. The molecule has 3 N–H and O–H groups in total. The molecule has 3 rings (SSSR count). The third kappa shape index (κ3) is 3.52. The second-order valence-corrected chi connectivity index (χ2v) is 5.92. The monoisotopic (exact) mass is 341 g/mol. The molecule has 8 heteroatoms. The average molecular weight is 341 g/mol. The van der Waals surface area contributed by atoms with Gasteiger partial charge in [-0.3, -0.25) is 9.48 Å². The Morgan fingerprint density at radius 2 is 2.24 bits per heavy atom. The first-order valence-corrected chi connectivity index (χ1v) is 7.92. The summed E-state index contributed by atoms with van der Waals surface area (Å²) in [6.07, 6.45) is 4.41. The molecule has 2 aromatic rings. The van der Waals surface area contributed by atoms with E-state index in [-0.39, 0.29) is 11.8 Å². The number of aryl methyl sites for hydroxylation is 1. The molecular weight excluding hydrogens is 322 g/mol. The topological polar surface area (TPSA) is 109 Å². The summed E-state index contributed by atoms with van der Waals surface area (Å²) in [4.78, 5) is 28.1. The van der Waals surface area contributed by atoms with Gasteiger partial charge in [0.1, 0.15) is 5.69 Å². The average Bonchev–Trinajstić information content (AvgIpc) is 2.93. The highest BCUT2D eigenvalue weighted by Crippen LogP contribution is 2.28. The number of hydrogen-bond acceptors (Lipinski definition) is 4. The van der Waals surface area contributed by atoms with Gasteiger partial charge < -0.3 is 15.7 Å². The Hall–Kier alpha value is -3.16. The predicted molar refractivity (Wildman–Crippen MR) is 91.9 cm³/mol. The van der Waals surface area contributed by atoms with E-state index in [1.54, 1.807) is 49.1 Å². The van der Waals surface area contributed by atoms with E-state index in [1.807, 2.05) is 6.07 Å². The van der Waals surface area contributed by atoms with Crippen molar-refractivity contribution in [2.75, 3.05) is 5.32 Å². The van der Waals surface area contributed by atoms with E-state index < -0.39 is 12.1 Å². The van der Waals surface area contributed by atoms with Gasteiger partial charge >= 0.3 is 6.09 Å². The van der Waals surface area contributed by atoms with Crippen LogP contribution in [0.4, 0.5) is 10.5 Å². The lowest BCUT2D eigenvalue weighted by Crippen LogP contribution is -2.27. The lowest BCUT2D eigenvalue weighted by Gasteiger charge is -2.17. The van der Waals surface area contributed by atoms with Crippen molar-refractivity contribution >= 4 is 17.7 Å². The fourth-order valence-corrected chi connectivity index (χ4v) is 2.77. The minimum atomic E-state index is -1.12. The number of aromatic nitrogens is 3. The number of nitrogens with zero attached hydrogens (tertiary/aromatic N) is 3. The molecule has 0 fully saturated rings. The van der Waals surface area contributed by atoms with Crippen LogP contribution in [0.25, 0.3) is 11.4 Å². The molecule has 130 valence electrons. The summed E-state index contributed by atoms with van der Waals surface area (Å²) in [7, 11) is 1.77. The lowest BCUT2D eigenvalue weighted by molar-refractivity contribution is -0.118. The first-order valence-electron chi connectivity index (χ1n) is 7.92. The molecule has 2 atom stereocenters. The van der Waals surface area contributed by atoms with Crippen molar-refractivity contribution in [3.8, 4) is 11.4 Å². The van der Waals surface area contributed by atoms with Crippen molar-refractivity contribution in [2.45, 2.75) is 19.4 Å². The number of rotatable bonds is 1. The predicted octanol–water partition coefficient (Wildman–Crippen LogP) is 2.33. The summed E-state index contributed by atoms with van der Waals surface area (Å²) in [5, 5.41) is 18.7. The Kier molecular flexibility index (Phi) is 4.51. The van der Waals surface area contributed by atoms with Crippen molar-refractivity contribution < 1.29 is 14.7 Å². The maximum absolute atomic E-state index is 12.4. The molecule has 0 unspecified atom stereocenters. The molecule has 8 nitrogen and oxygen atoms in total. The van der Waals surface area contributed by atoms with E-state index in [4.69, 9.17) is 5.11 Å². The van der Waals surface area contributed by atoms with Crippen molar-refractivity contribution in [3.05, 3.63) is 42.2 Å². The van der Waals surface area contributed by atoms with E-state index in [0.717, 1.165) is 0 Å². The molecule has 2 aromatic heterocycles. The van der Waals surface area contributed by atoms with Crippen LogP contribution < -0.4 is 10.6 Å². The van der Waals surface area contributed by atoms with Crippen LogP contribution in [0.15, 0.2) is 36.5 Å². The van der Waals surface area contributed by atoms with Gasteiger partial charge in [0.05, 0.1) is 35.2 Å². The van der Waals surface area contributed by atoms with Gasteiger partial charge in [-0.1, -0.05) is 25.1 Å². The Bertz CT molecular complexity index is 843. The first kappa shape index (κ1) is 16.7. The number of fused-ring (bicyclic) bond motifs is 4. The van der Waals surface area contributed by atoms with E-state index in [9.17, 15) is 9.59 Å². The normalized spacial score (nSPS) is 21.3. The molecule has 0 spiro atoms. The van der Waals surface area contributed by atoms with Gasteiger partial charge in [0, 0.05) is 7.05 Å². The van der Waals surface area contributed by atoms with Gasteiger partial charge in [-0.15, -0.1) is 0 Å². The van der Waals surface area contributed by atoms with Gasteiger partial charge in [-0.2, -0.15) is 5.10 Å². The second kappa shape index (κ2) is 6.76. The summed E-state index contributed by atoms with van der Waals surface area (Å²) in [5.41, 5.74) is 2.46. The maximum atomic E-state index is 12.4. The molecule has 0 saturated carbocycles. The number of hydrogen-bond donors (Lipinski definition) is 3. The SMILES string of the molecule is C[C@@H]1/C=C/C[C@H](NC(=O)O)c2cccc(n2)-c2c(cnn2C)NC1=O.